The second kappa shape index (κ2) is 7.59. The smallest absolute Gasteiger partial charge is 0.157 e. The lowest BCUT2D eigenvalue weighted by Gasteiger charge is -2.11. The molecule has 0 aliphatic rings. The molecule has 1 aromatic carbocycles. The highest BCUT2D eigenvalue weighted by Gasteiger charge is 2.11. The van der Waals surface area contributed by atoms with E-state index in [1.54, 1.807) is 13.2 Å². The van der Waals surface area contributed by atoms with E-state index in [0.717, 1.165) is 30.0 Å². The first-order chi connectivity index (χ1) is 10.2. The van der Waals surface area contributed by atoms with Crippen LogP contribution in [0, 0.1) is 0 Å². The molecule has 2 aromatic rings. The van der Waals surface area contributed by atoms with E-state index in [9.17, 15) is 0 Å². The summed E-state index contributed by atoms with van der Waals surface area (Å²) in [5, 5.41) is 4.25. The van der Waals surface area contributed by atoms with Crippen molar-refractivity contribution in [2.45, 2.75) is 20.0 Å². The molecule has 0 fully saturated rings. The van der Waals surface area contributed by atoms with Crippen molar-refractivity contribution in [2.24, 2.45) is 0 Å². The standard InChI is InChI=1S/C15H17Cl2N3O/c1-3-7-18-13-8-12(19-14(20-13)9-21-2)10-5-4-6-11(16)15(10)17/h4-6,8H,3,7,9H2,1-2H3,(H,18,19,20). The Morgan fingerprint density at radius 1 is 1.24 bits per heavy atom. The van der Waals surface area contributed by atoms with Crippen LogP contribution in [0.4, 0.5) is 5.82 Å². The van der Waals surface area contributed by atoms with Gasteiger partial charge in [-0.05, 0) is 12.5 Å². The minimum Gasteiger partial charge on any atom is -0.377 e. The topological polar surface area (TPSA) is 47.0 Å². The molecular weight excluding hydrogens is 309 g/mol. The fourth-order valence-electron chi connectivity index (χ4n) is 1.87. The van der Waals surface area contributed by atoms with Crippen molar-refractivity contribution < 1.29 is 4.74 Å². The van der Waals surface area contributed by atoms with Crippen molar-refractivity contribution in [3.63, 3.8) is 0 Å². The second-order valence-electron chi connectivity index (χ2n) is 4.52. The number of hydrogen-bond donors (Lipinski definition) is 1. The van der Waals surface area contributed by atoms with Gasteiger partial charge in [0, 0.05) is 25.3 Å². The van der Waals surface area contributed by atoms with Crippen LogP contribution in [0.5, 0.6) is 0 Å². The third-order valence-electron chi connectivity index (χ3n) is 2.83. The molecule has 0 saturated heterocycles. The fraction of sp³-hybridized carbons (Fsp3) is 0.333. The number of aromatic nitrogens is 2. The van der Waals surface area contributed by atoms with Crippen LogP contribution in [-0.4, -0.2) is 23.6 Å². The van der Waals surface area contributed by atoms with Gasteiger partial charge >= 0.3 is 0 Å². The predicted octanol–water partition coefficient (Wildman–Crippen LogP) is 4.42. The maximum Gasteiger partial charge on any atom is 0.157 e. The highest BCUT2D eigenvalue weighted by atomic mass is 35.5. The molecule has 21 heavy (non-hydrogen) atoms. The van der Waals surface area contributed by atoms with E-state index < -0.39 is 0 Å². The number of methoxy groups -OCH3 is 1. The maximum atomic E-state index is 6.27. The van der Waals surface area contributed by atoms with Crippen LogP contribution in [0.3, 0.4) is 0 Å². The Labute approximate surface area is 134 Å². The Morgan fingerprint density at radius 3 is 2.76 bits per heavy atom. The number of nitrogens with one attached hydrogen (secondary N) is 1. The van der Waals surface area contributed by atoms with Gasteiger partial charge in [-0.25, -0.2) is 9.97 Å². The molecule has 0 unspecified atom stereocenters. The van der Waals surface area contributed by atoms with Crippen molar-refractivity contribution in [3.05, 3.63) is 40.1 Å². The molecule has 112 valence electrons. The summed E-state index contributed by atoms with van der Waals surface area (Å²) in [7, 11) is 1.61. The monoisotopic (exact) mass is 325 g/mol. The molecule has 6 heteroatoms. The number of rotatable bonds is 6. The van der Waals surface area contributed by atoms with Crippen molar-refractivity contribution in [1.82, 2.24) is 9.97 Å². The Kier molecular flexibility index (Phi) is 5.79. The summed E-state index contributed by atoms with van der Waals surface area (Å²) in [6.45, 7) is 3.28. The van der Waals surface area contributed by atoms with Crippen molar-refractivity contribution in [3.8, 4) is 11.3 Å². The van der Waals surface area contributed by atoms with E-state index in [4.69, 9.17) is 27.9 Å². The summed E-state index contributed by atoms with van der Waals surface area (Å²) < 4.78 is 5.12. The third kappa shape index (κ3) is 4.06. The number of halogens is 2. The first kappa shape index (κ1) is 16.0. The zero-order valence-corrected chi connectivity index (χ0v) is 13.5. The molecule has 0 saturated carbocycles. The lowest BCUT2D eigenvalue weighted by atomic mass is 10.1. The van der Waals surface area contributed by atoms with E-state index in [1.165, 1.54) is 0 Å². The second-order valence-corrected chi connectivity index (χ2v) is 5.30. The molecule has 0 aliphatic heterocycles. The average molecular weight is 326 g/mol. The summed E-state index contributed by atoms with van der Waals surface area (Å²) in [4.78, 5) is 8.90. The average Bonchev–Trinajstić information content (AvgIpc) is 2.48. The lowest BCUT2D eigenvalue weighted by Crippen LogP contribution is -2.06. The summed E-state index contributed by atoms with van der Waals surface area (Å²) in [5.41, 5.74) is 1.51. The Morgan fingerprint density at radius 2 is 2.05 bits per heavy atom. The normalized spacial score (nSPS) is 10.7. The highest BCUT2D eigenvalue weighted by Crippen LogP contribution is 2.33. The van der Waals surface area contributed by atoms with E-state index in [1.807, 2.05) is 18.2 Å². The van der Waals surface area contributed by atoms with Crippen LogP contribution < -0.4 is 5.32 Å². The summed E-state index contributed by atoms with van der Waals surface area (Å²) in [6.07, 6.45) is 1.01. The van der Waals surface area contributed by atoms with Gasteiger partial charge in [-0.3, -0.25) is 0 Å². The van der Waals surface area contributed by atoms with Gasteiger partial charge in [0.25, 0.3) is 0 Å². The van der Waals surface area contributed by atoms with Gasteiger partial charge in [0.2, 0.25) is 0 Å². The van der Waals surface area contributed by atoms with Crippen molar-refractivity contribution >= 4 is 29.0 Å². The minimum absolute atomic E-state index is 0.340. The molecule has 4 nitrogen and oxygen atoms in total. The van der Waals surface area contributed by atoms with Crippen LogP contribution in [0.1, 0.15) is 19.2 Å². The van der Waals surface area contributed by atoms with Gasteiger partial charge in [-0.15, -0.1) is 0 Å². The van der Waals surface area contributed by atoms with E-state index in [0.29, 0.717) is 22.5 Å². The molecule has 0 radical (unpaired) electrons. The van der Waals surface area contributed by atoms with Gasteiger partial charge < -0.3 is 10.1 Å². The molecule has 0 atom stereocenters. The van der Waals surface area contributed by atoms with Gasteiger partial charge in [-0.1, -0.05) is 42.3 Å². The lowest BCUT2D eigenvalue weighted by molar-refractivity contribution is 0.178. The molecule has 1 aromatic heterocycles. The molecule has 0 bridgehead atoms. The van der Waals surface area contributed by atoms with E-state index in [2.05, 4.69) is 22.2 Å². The zero-order chi connectivity index (χ0) is 15.2. The van der Waals surface area contributed by atoms with Crippen LogP contribution in [-0.2, 0) is 11.3 Å². The number of anilines is 1. The molecule has 1 heterocycles. The largest absolute Gasteiger partial charge is 0.377 e. The molecule has 0 amide bonds. The summed E-state index contributed by atoms with van der Waals surface area (Å²) >= 11 is 12.3. The number of hydrogen-bond acceptors (Lipinski definition) is 4. The maximum absolute atomic E-state index is 6.27. The molecule has 2 rings (SSSR count). The van der Waals surface area contributed by atoms with E-state index >= 15 is 0 Å². The summed E-state index contributed by atoms with van der Waals surface area (Å²) in [6, 6.07) is 7.35. The first-order valence-electron chi connectivity index (χ1n) is 6.70. The first-order valence-corrected chi connectivity index (χ1v) is 7.46. The molecule has 0 aliphatic carbocycles. The van der Waals surface area contributed by atoms with Crippen molar-refractivity contribution in [1.29, 1.82) is 0 Å². The quantitative estimate of drug-likeness (QED) is 0.854. The van der Waals surface area contributed by atoms with Gasteiger partial charge in [-0.2, -0.15) is 0 Å². The minimum atomic E-state index is 0.340. The Hall–Kier alpha value is -1.36. The van der Waals surface area contributed by atoms with Crippen LogP contribution >= 0.6 is 23.2 Å². The summed E-state index contributed by atoms with van der Waals surface area (Å²) in [5.74, 6) is 1.36. The number of benzene rings is 1. The number of ether oxygens (including phenoxy) is 1. The van der Waals surface area contributed by atoms with Gasteiger partial charge in [0.15, 0.2) is 5.82 Å². The van der Waals surface area contributed by atoms with Gasteiger partial charge in [0.1, 0.15) is 12.4 Å². The van der Waals surface area contributed by atoms with Gasteiger partial charge in [0.05, 0.1) is 15.7 Å². The van der Waals surface area contributed by atoms with Crippen LogP contribution in [0.15, 0.2) is 24.3 Å². The van der Waals surface area contributed by atoms with E-state index in [-0.39, 0.29) is 0 Å². The third-order valence-corrected chi connectivity index (χ3v) is 3.65. The van der Waals surface area contributed by atoms with Crippen molar-refractivity contribution in [2.75, 3.05) is 19.0 Å². The SMILES string of the molecule is CCCNc1cc(-c2cccc(Cl)c2Cl)nc(COC)n1. The molecular formula is C15H17Cl2N3O. The fourth-order valence-corrected chi connectivity index (χ4v) is 2.27. The zero-order valence-electron chi connectivity index (χ0n) is 12.0. The molecule has 0 spiro atoms. The molecule has 1 N–H and O–H groups in total. The van der Waals surface area contributed by atoms with Crippen LogP contribution in [0.25, 0.3) is 11.3 Å². The Balaban J connectivity index is 2.45. The number of nitrogens with zero attached hydrogens (tertiary/aromatic N) is 2. The highest BCUT2D eigenvalue weighted by molar-refractivity contribution is 6.43. The van der Waals surface area contributed by atoms with Crippen LogP contribution in [0.2, 0.25) is 10.0 Å². The predicted molar refractivity (Wildman–Crippen MR) is 87.0 cm³/mol. The Bertz CT molecular complexity index is 620.